The first-order valence-electron chi connectivity index (χ1n) is 11.0. The molecule has 3 nitrogen and oxygen atoms in total. The predicted octanol–water partition coefficient (Wildman–Crippen LogP) is 6.35. The number of hydrogen-bond donors (Lipinski definition) is 0. The molecule has 1 heterocycles. The Kier molecular flexibility index (Phi) is 10.5. The van der Waals surface area contributed by atoms with Crippen molar-refractivity contribution in [2.75, 3.05) is 20.0 Å². The maximum atomic E-state index is 6.62. The molecule has 0 aromatic carbocycles. The van der Waals surface area contributed by atoms with Gasteiger partial charge in [0.15, 0.2) is 0 Å². The SMILES string of the molecule is CC/C(=C/[Si](C)(C)C)[C@@H]1O[C@@H]([C@@H](C)COCOCC[Si](C)(C)C)CC[C@@H]1C. The van der Waals surface area contributed by atoms with E-state index in [-0.39, 0.29) is 6.10 Å². The maximum Gasteiger partial charge on any atom is 0.146 e. The van der Waals surface area contributed by atoms with Gasteiger partial charge in [-0.1, -0.05) is 65.8 Å². The highest BCUT2D eigenvalue weighted by atomic mass is 28.3. The molecule has 27 heavy (non-hydrogen) atoms. The van der Waals surface area contributed by atoms with Crippen molar-refractivity contribution in [2.45, 2.75) is 97.6 Å². The number of ether oxygens (including phenoxy) is 3. The van der Waals surface area contributed by atoms with Crippen LogP contribution in [-0.4, -0.2) is 48.4 Å². The van der Waals surface area contributed by atoms with E-state index >= 15 is 0 Å². The fourth-order valence-corrected chi connectivity index (χ4v) is 5.86. The molecule has 0 unspecified atom stereocenters. The van der Waals surface area contributed by atoms with Gasteiger partial charge in [-0.05, 0) is 36.8 Å². The Bertz CT molecular complexity index is 451. The molecular weight excluding hydrogens is 368 g/mol. The van der Waals surface area contributed by atoms with Crippen molar-refractivity contribution < 1.29 is 14.2 Å². The smallest absolute Gasteiger partial charge is 0.146 e. The molecule has 1 rings (SSSR count). The van der Waals surface area contributed by atoms with Crippen molar-refractivity contribution in [3.8, 4) is 0 Å². The molecule has 0 spiro atoms. The summed E-state index contributed by atoms with van der Waals surface area (Å²) in [7, 11) is -2.25. The van der Waals surface area contributed by atoms with Gasteiger partial charge in [0.2, 0.25) is 0 Å². The zero-order valence-electron chi connectivity index (χ0n) is 19.6. The lowest BCUT2D eigenvalue weighted by molar-refractivity contribution is -0.116. The maximum absolute atomic E-state index is 6.62. The van der Waals surface area contributed by atoms with E-state index < -0.39 is 16.1 Å². The normalized spacial score (nSPS) is 26.3. The molecule has 0 N–H and O–H groups in total. The Morgan fingerprint density at radius 1 is 1.11 bits per heavy atom. The zero-order valence-corrected chi connectivity index (χ0v) is 21.6. The van der Waals surface area contributed by atoms with Crippen LogP contribution in [0.5, 0.6) is 0 Å². The Labute approximate surface area is 171 Å². The first kappa shape index (κ1) is 25.1. The van der Waals surface area contributed by atoms with Gasteiger partial charge < -0.3 is 14.2 Å². The van der Waals surface area contributed by atoms with E-state index in [0.717, 1.165) is 26.1 Å². The molecule has 0 radical (unpaired) electrons. The van der Waals surface area contributed by atoms with Crippen LogP contribution in [0.2, 0.25) is 45.3 Å². The molecule has 0 bridgehead atoms. The second-order valence-electron chi connectivity index (χ2n) is 10.8. The monoisotopic (exact) mass is 414 g/mol. The lowest BCUT2D eigenvalue weighted by Crippen LogP contribution is -2.40. The average molecular weight is 415 g/mol. The summed E-state index contributed by atoms with van der Waals surface area (Å²) in [5.74, 6) is 1.02. The van der Waals surface area contributed by atoms with Crippen LogP contribution in [0.15, 0.2) is 11.3 Å². The third-order valence-electron chi connectivity index (χ3n) is 5.32. The van der Waals surface area contributed by atoms with Gasteiger partial charge in [-0.15, -0.1) is 0 Å². The first-order valence-corrected chi connectivity index (χ1v) is 18.2. The van der Waals surface area contributed by atoms with Gasteiger partial charge >= 0.3 is 0 Å². The van der Waals surface area contributed by atoms with Gasteiger partial charge in [-0.25, -0.2) is 0 Å². The molecule has 1 fully saturated rings. The summed E-state index contributed by atoms with van der Waals surface area (Å²) < 4.78 is 18.1. The van der Waals surface area contributed by atoms with E-state index in [2.05, 4.69) is 65.8 Å². The van der Waals surface area contributed by atoms with Crippen molar-refractivity contribution in [1.82, 2.24) is 0 Å². The van der Waals surface area contributed by atoms with Gasteiger partial charge in [0.05, 0.1) is 26.9 Å². The summed E-state index contributed by atoms with van der Waals surface area (Å²) in [5, 5.41) is 0. The van der Waals surface area contributed by atoms with Crippen LogP contribution in [0.1, 0.15) is 40.0 Å². The molecule has 0 amide bonds. The lowest BCUT2D eigenvalue weighted by Gasteiger charge is -2.39. The summed E-state index contributed by atoms with van der Waals surface area (Å²) in [6, 6.07) is 1.19. The van der Waals surface area contributed by atoms with Crippen molar-refractivity contribution in [1.29, 1.82) is 0 Å². The van der Waals surface area contributed by atoms with Gasteiger partial charge in [-0.3, -0.25) is 0 Å². The fourth-order valence-electron chi connectivity index (χ4n) is 3.62. The molecule has 0 saturated carbocycles. The van der Waals surface area contributed by atoms with E-state index in [1.165, 1.54) is 18.0 Å². The fraction of sp³-hybridized carbons (Fsp3) is 0.909. The molecule has 5 heteroatoms. The van der Waals surface area contributed by atoms with E-state index in [0.29, 0.717) is 24.7 Å². The third-order valence-corrected chi connectivity index (χ3v) is 8.26. The molecule has 1 aliphatic rings. The van der Waals surface area contributed by atoms with Crippen LogP contribution in [0.4, 0.5) is 0 Å². The Balaban J connectivity index is 2.47. The second kappa shape index (κ2) is 11.3. The summed E-state index contributed by atoms with van der Waals surface area (Å²) in [6.45, 7) is 23.2. The first-order chi connectivity index (χ1) is 12.4. The van der Waals surface area contributed by atoms with Crippen LogP contribution < -0.4 is 0 Å². The summed E-state index contributed by atoms with van der Waals surface area (Å²) in [4.78, 5) is 0. The zero-order chi connectivity index (χ0) is 20.7. The van der Waals surface area contributed by atoms with Crippen molar-refractivity contribution in [3.63, 3.8) is 0 Å². The third kappa shape index (κ3) is 10.4. The van der Waals surface area contributed by atoms with E-state index in [4.69, 9.17) is 14.2 Å². The van der Waals surface area contributed by atoms with E-state index in [1.807, 2.05) is 0 Å². The largest absolute Gasteiger partial charge is 0.370 e. The number of hydrogen-bond acceptors (Lipinski definition) is 3. The second-order valence-corrected chi connectivity index (χ2v) is 21.4. The van der Waals surface area contributed by atoms with Crippen LogP contribution in [-0.2, 0) is 14.2 Å². The lowest BCUT2D eigenvalue weighted by atomic mass is 9.85. The Morgan fingerprint density at radius 3 is 2.33 bits per heavy atom. The molecule has 4 atom stereocenters. The van der Waals surface area contributed by atoms with Crippen LogP contribution >= 0.6 is 0 Å². The highest BCUT2D eigenvalue weighted by Gasteiger charge is 2.33. The van der Waals surface area contributed by atoms with E-state index in [9.17, 15) is 0 Å². The minimum atomic E-state index is -1.23. The summed E-state index contributed by atoms with van der Waals surface area (Å²) >= 11 is 0. The molecule has 0 aromatic rings. The Hall–Kier alpha value is 0.0538. The molecule has 160 valence electrons. The Morgan fingerprint density at radius 2 is 1.78 bits per heavy atom. The van der Waals surface area contributed by atoms with Gasteiger partial charge in [0, 0.05) is 20.6 Å². The van der Waals surface area contributed by atoms with E-state index in [1.54, 1.807) is 0 Å². The molecule has 0 aromatic heterocycles. The molecule has 1 aliphatic heterocycles. The molecule has 1 saturated heterocycles. The van der Waals surface area contributed by atoms with Crippen LogP contribution in [0, 0.1) is 11.8 Å². The number of rotatable bonds is 11. The van der Waals surface area contributed by atoms with Crippen molar-refractivity contribution in [2.24, 2.45) is 11.8 Å². The van der Waals surface area contributed by atoms with Crippen LogP contribution in [0.25, 0.3) is 0 Å². The average Bonchev–Trinajstić information content (AvgIpc) is 2.54. The van der Waals surface area contributed by atoms with Gasteiger partial charge in [0.25, 0.3) is 0 Å². The van der Waals surface area contributed by atoms with Crippen molar-refractivity contribution >= 4 is 16.1 Å². The highest BCUT2D eigenvalue weighted by molar-refractivity contribution is 6.81. The van der Waals surface area contributed by atoms with Gasteiger partial charge in [0.1, 0.15) is 6.79 Å². The van der Waals surface area contributed by atoms with Crippen LogP contribution in [0.3, 0.4) is 0 Å². The molecular formula is C22H46O3Si2. The standard InChI is InChI=1S/C22H46O3Si2/c1-10-20(16-27(7,8)9)22-18(2)11-12-21(25-22)19(3)15-24-17-23-13-14-26(4,5)6/h16,18-19,21-22H,10-15,17H2,1-9H3/b20-16-/t18-,19-,21+,22+/m0/s1. The summed E-state index contributed by atoms with van der Waals surface area (Å²) in [5.41, 5.74) is 4.08. The minimum absolute atomic E-state index is 0.288. The quantitative estimate of drug-likeness (QED) is 0.224. The predicted molar refractivity (Wildman–Crippen MR) is 123 cm³/mol. The minimum Gasteiger partial charge on any atom is -0.370 e. The summed E-state index contributed by atoms with van der Waals surface area (Å²) in [6.07, 6.45) is 4.07. The highest BCUT2D eigenvalue weighted by Crippen LogP contribution is 2.34. The molecule has 0 aliphatic carbocycles. The van der Waals surface area contributed by atoms with Crippen molar-refractivity contribution in [3.05, 3.63) is 11.3 Å². The topological polar surface area (TPSA) is 27.7 Å². The van der Waals surface area contributed by atoms with Gasteiger partial charge in [-0.2, -0.15) is 0 Å².